The molecule has 1 aromatic carbocycles. The average Bonchev–Trinajstić information content (AvgIpc) is 2.88. The summed E-state index contributed by atoms with van der Waals surface area (Å²) in [6.45, 7) is 7.94. The lowest BCUT2D eigenvalue weighted by Crippen LogP contribution is -2.45. The van der Waals surface area contributed by atoms with Gasteiger partial charge in [0.25, 0.3) is 0 Å². The first-order valence-electron chi connectivity index (χ1n) is 12.1. The molecule has 2 heterocycles. The Labute approximate surface area is 216 Å². The van der Waals surface area contributed by atoms with Crippen LogP contribution in [0.4, 0.5) is 0 Å². The summed E-state index contributed by atoms with van der Waals surface area (Å²) in [4.78, 5) is 45.5. The van der Waals surface area contributed by atoms with E-state index in [0.717, 1.165) is 13.1 Å². The van der Waals surface area contributed by atoms with Crippen molar-refractivity contribution in [2.75, 3.05) is 60.7 Å². The van der Waals surface area contributed by atoms with Crippen molar-refractivity contribution in [3.05, 3.63) is 46.3 Å². The van der Waals surface area contributed by atoms with Crippen molar-refractivity contribution < 1.29 is 38.2 Å². The Hall–Kier alpha value is -3.57. The first-order chi connectivity index (χ1) is 17.7. The van der Waals surface area contributed by atoms with E-state index in [1.165, 1.54) is 14.2 Å². The molecule has 1 unspecified atom stereocenters. The summed E-state index contributed by atoms with van der Waals surface area (Å²) < 4.78 is 21.5. The number of piperazine rings is 1. The summed E-state index contributed by atoms with van der Waals surface area (Å²) in [6.07, 6.45) is 0. The number of carbonyl (C=O) groups excluding carboxylic acids is 3. The van der Waals surface area contributed by atoms with Crippen molar-refractivity contribution >= 4 is 17.9 Å². The standard InChI is InChI=1S/C26H35N3O8/c1-7-35-26(32)23-17(3)27-16(2)22(25(31)34-6)24(23)18-8-9-19(20(14-18)33-5)36-15-21(30)37-29-12-10-28(4)11-13-29/h8-9,14,24,27H,7,10-13,15H2,1-6H3. The summed E-state index contributed by atoms with van der Waals surface area (Å²) in [5.41, 5.74) is 2.29. The van der Waals surface area contributed by atoms with Crippen LogP contribution in [0.3, 0.4) is 0 Å². The summed E-state index contributed by atoms with van der Waals surface area (Å²) in [6, 6.07) is 5.00. The molecule has 1 aromatic rings. The number of benzene rings is 1. The predicted molar refractivity (Wildman–Crippen MR) is 134 cm³/mol. The average molecular weight is 518 g/mol. The molecule has 0 spiro atoms. The van der Waals surface area contributed by atoms with Crippen molar-refractivity contribution in [2.24, 2.45) is 0 Å². The number of nitrogens with zero attached hydrogens (tertiary/aromatic N) is 2. The van der Waals surface area contributed by atoms with Crippen LogP contribution in [0.15, 0.2) is 40.7 Å². The minimum absolute atomic E-state index is 0.179. The Morgan fingerprint density at radius 2 is 1.62 bits per heavy atom. The molecule has 1 N–H and O–H groups in total. The molecule has 2 aliphatic heterocycles. The number of hydroxylamine groups is 2. The van der Waals surface area contributed by atoms with Gasteiger partial charge in [0, 0.05) is 37.6 Å². The van der Waals surface area contributed by atoms with Crippen LogP contribution in [0.25, 0.3) is 0 Å². The third-order valence-electron chi connectivity index (χ3n) is 6.22. The van der Waals surface area contributed by atoms with Gasteiger partial charge in [-0.1, -0.05) is 6.07 Å². The Bertz CT molecular complexity index is 1090. The number of likely N-dealkylation sites (N-methyl/N-ethyl adjacent to an activating group) is 1. The van der Waals surface area contributed by atoms with Gasteiger partial charge in [-0.25, -0.2) is 14.4 Å². The van der Waals surface area contributed by atoms with Crippen molar-refractivity contribution in [2.45, 2.75) is 26.7 Å². The predicted octanol–water partition coefficient (Wildman–Crippen LogP) is 1.75. The zero-order valence-corrected chi connectivity index (χ0v) is 22.2. The number of carbonyl (C=O) groups is 3. The molecule has 0 aromatic heterocycles. The summed E-state index contributed by atoms with van der Waals surface area (Å²) >= 11 is 0. The fourth-order valence-corrected chi connectivity index (χ4v) is 4.36. The van der Waals surface area contributed by atoms with E-state index in [1.54, 1.807) is 44.0 Å². The smallest absolute Gasteiger partial charge is 0.362 e. The van der Waals surface area contributed by atoms with E-state index in [0.29, 0.717) is 47.1 Å². The van der Waals surface area contributed by atoms with Gasteiger partial charge >= 0.3 is 17.9 Å². The molecule has 0 saturated carbocycles. The lowest BCUT2D eigenvalue weighted by Gasteiger charge is -2.31. The zero-order chi connectivity index (χ0) is 27.1. The van der Waals surface area contributed by atoms with Crippen LogP contribution in [-0.2, 0) is 28.7 Å². The molecule has 0 bridgehead atoms. The molecule has 11 nitrogen and oxygen atoms in total. The molecule has 0 aliphatic carbocycles. The first-order valence-corrected chi connectivity index (χ1v) is 12.1. The molecule has 11 heteroatoms. The van der Waals surface area contributed by atoms with Gasteiger partial charge < -0.3 is 34.0 Å². The van der Waals surface area contributed by atoms with Crippen molar-refractivity contribution in [3.8, 4) is 11.5 Å². The van der Waals surface area contributed by atoms with Crippen molar-refractivity contribution in [1.29, 1.82) is 0 Å². The number of rotatable bonds is 9. The van der Waals surface area contributed by atoms with Gasteiger partial charge in [0.15, 0.2) is 18.1 Å². The van der Waals surface area contributed by atoms with E-state index in [1.807, 2.05) is 7.05 Å². The van der Waals surface area contributed by atoms with Gasteiger partial charge in [0.1, 0.15) is 0 Å². The number of hydrogen-bond donors (Lipinski definition) is 1. The van der Waals surface area contributed by atoms with Gasteiger partial charge in [-0.2, -0.15) is 0 Å². The molecule has 1 atom stereocenters. The lowest BCUT2D eigenvalue weighted by atomic mass is 9.80. The van der Waals surface area contributed by atoms with Crippen LogP contribution in [0.5, 0.6) is 11.5 Å². The van der Waals surface area contributed by atoms with Gasteiger partial charge in [-0.3, -0.25) is 0 Å². The molecule has 0 radical (unpaired) electrons. The quantitative estimate of drug-likeness (QED) is 0.483. The summed E-state index contributed by atoms with van der Waals surface area (Å²) in [5, 5.41) is 4.71. The van der Waals surface area contributed by atoms with Crippen LogP contribution in [0.2, 0.25) is 0 Å². The third kappa shape index (κ3) is 6.60. The molecule has 1 fully saturated rings. The molecule has 3 rings (SSSR count). The number of allylic oxidation sites excluding steroid dienone is 2. The third-order valence-corrected chi connectivity index (χ3v) is 6.22. The second-order valence-corrected chi connectivity index (χ2v) is 8.74. The SMILES string of the molecule is CCOC(=O)C1=C(C)NC(C)=C(C(=O)OC)C1c1ccc(OCC(=O)ON2CCN(C)CC2)c(OC)c1. The van der Waals surface area contributed by atoms with Gasteiger partial charge in [0.05, 0.1) is 37.9 Å². The fraction of sp³-hybridized carbons (Fsp3) is 0.500. The highest BCUT2D eigenvalue weighted by atomic mass is 16.7. The lowest BCUT2D eigenvalue weighted by molar-refractivity contribution is -0.199. The highest BCUT2D eigenvalue weighted by Gasteiger charge is 2.38. The molecular formula is C26H35N3O8. The van der Waals surface area contributed by atoms with Gasteiger partial charge in [0.2, 0.25) is 0 Å². The summed E-state index contributed by atoms with van der Waals surface area (Å²) in [7, 11) is 4.76. The van der Waals surface area contributed by atoms with E-state index >= 15 is 0 Å². The molecular weight excluding hydrogens is 482 g/mol. The zero-order valence-electron chi connectivity index (χ0n) is 22.2. The van der Waals surface area contributed by atoms with Gasteiger partial charge in [-0.05, 0) is 45.5 Å². The number of hydrogen-bond acceptors (Lipinski definition) is 11. The normalized spacial score (nSPS) is 18.7. The fourth-order valence-electron chi connectivity index (χ4n) is 4.36. The molecule has 2 aliphatic rings. The highest BCUT2D eigenvalue weighted by molar-refractivity contribution is 5.99. The van der Waals surface area contributed by atoms with E-state index in [-0.39, 0.29) is 18.8 Å². The van der Waals surface area contributed by atoms with E-state index in [2.05, 4.69) is 10.2 Å². The highest BCUT2D eigenvalue weighted by Crippen LogP contribution is 2.42. The summed E-state index contributed by atoms with van der Waals surface area (Å²) in [5.74, 6) is -1.77. The first kappa shape index (κ1) is 28.0. The molecule has 37 heavy (non-hydrogen) atoms. The maximum atomic E-state index is 12.9. The van der Waals surface area contributed by atoms with Crippen LogP contribution in [0.1, 0.15) is 32.3 Å². The maximum absolute atomic E-state index is 12.9. The minimum atomic E-state index is -0.766. The van der Waals surface area contributed by atoms with Crippen LogP contribution in [0, 0.1) is 0 Å². The Morgan fingerprint density at radius 3 is 2.22 bits per heavy atom. The number of methoxy groups -OCH3 is 2. The monoisotopic (exact) mass is 517 g/mol. The molecule has 202 valence electrons. The number of dihydropyridines is 1. The minimum Gasteiger partial charge on any atom is -0.493 e. The maximum Gasteiger partial charge on any atom is 0.362 e. The van der Waals surface area contributed by atoms with Crippen molar-refractivity contribution in [3.63, 3.8) is 0 Å². The Kier molecular flexibility index (Phi) is 9.54. The number of nitrogens with one attached hydrogen (secondary N) is 1. The van der Waals surface area contributed by atoms with Gasteiger partial charge in [-0.15, -0.1) is 5.06 Å². The molecule has 0 amide bonds. The largest absolute Gasteiger partial charge is 0.493 e. The number of esters is 2. The number of ether oxygens (including phenoxy) is 4. The second kappa shape index (κ2) is 12.6. The Balaban J connectivity index is 1.85. The molecule has 1 saturated heterocycles. The van der Waals surface area contributed by atoms with E-state index in [9.17, 15) is 14.4 Å². The van der Waals surface area contributed by atoms with Crippen LogP contribution in [-0.4, -0.2) is 88.5 Å². The second-order valence-electron chi connectivity index (χ2n) is 8.74. The van der Waals surface area contributed by atoms with E-state index in [4.69, 9.17) is 23.8 Å². The van der Waals surface area contributed by atoms with Crippen LogP contribution >= 0.6 is 0 Å². The van der Waals surface area contributed by atoms with E-state index < -0.39 is 23.8 Å². The topological polar surface area (TPSA) is 116 Å². The Morgan fingerprint density at radius 1 is 0.973 bits per heavy atom. The van der Waals surface area contributed by atoms with Crippen LogP contribution < -0.4 is 14.8 Å². The van der Waals surface area contributed by atoms with Crippen molar-refractivity contribution in [1.82, 2.24) is 15.3 Å².